The second-order valence-electron chi connectivity index (χ2n) is 7.57. The van der Waals surface area contributed by atoms with Gasteiger partial charge in [0, 0.05) is 23.4 Å². The molecule has 0 bridgehead atoms. The molecule has 0 aliphatic carbocycles. The Morgan fingerprint density at radius 3 is 1.82 bits per heavy atom. The van der Waals surface area contributed by atoms with Gasteiger partial charge in [-0.2, -0.15) is 0 Å². The number of nitrogens with one attached hydrogen (secondary N) is 1. The first-order valence-corrected chi connectivity index (χ1v) is 10.7. The monoisotopic (exact) mass is 452 g/mol. The number of hydrogen-bond acceptors (Lipinski definition) is 5. The van der Waals surface area contributed by atoms with Gasteiger partial charge in [-0.25, -0.2) is 4.98 Å². The molecule has 0 unspecified atom stereocenters. The zero-order chi connectivity index (χ0) is 23.8. The lowest BCUT2D eigenvalue weighted by atomic mass is 10.1. The van der Waals surface area contributed by atoms with Crippen LogP contribution in [0.25, 0.3) is 5.76 Å². The van der Waals surface area contributed by atoms with Gasteiger partial charge in [-0.05, 0) is 35.4 Å². The summed E-state index contributed by atoms with van der Waals surface area (Å²) in [5.74, 6) is 0.919. The molecular formula is C28H24N2O4. The molecule has 1 heterocycles. The number of carbonyl (C=O) groups is 1. The van der Waals surface area contributed by atoms with Crippen LogP contribution in [0.5, 0.6) is 11.5 Å². The van der Waals surface area contributed by atoms with Gasteiger partial charge in [0.2, 0.25) is 0 Å². The number of hydrogen-bond donors (Lipinski definition) is 2. The van der Waals surface area contributed by atoms with Gasteiger partial charge in [0.05, 0.1) is 0 Å². The van der Waals surface area contributed by atoms with Crippen LogP contribution < -0.4 is 14.8 Å². The van der Waals surface area contributed by atoms with Gasteiger partial charge in [-0.1, -0.05) is 67.2 Å². The maximum atomic E-state index is 13.0. The molecule has 170 valence electrons. The van der Waals surface area contributed by atoms with Gasteiger partial charge in [0.15, 0.2) is 0 Å². The molecule has 6 nitrogen and oxygen atoms in total. The topological polar surface area (TPSA) is 80.7 Å². The molecule has 3 aromatic carbocycles. The molecule has 0 aliphatic heterocycles. The van der Waals surface area contributed by atoms with Gasteiger partial charge >= 0.3 is 0 Å². The minimum atomic E-state index is -0.363. The van der Waals surface area contributed by atoms with Crippen LogP contribution in [0, 0.1) is 0 Å². The van der Waals surface area contributed by atoms with Crippen molar-refractivity contribution < 1.29 is 19.4 Å². The summed E-state index contributed by atoms with van der Waals surface area (Å²) in [4.78, 5) is 17.1. The van der Waals surface area contributed by atoms with E-state index in [1.807, 2.05) is 60.7 Å². The van der Waals surface area contributed by atoms with E-state index in [4.69, 9.17) is 9.47 Å². The van der Waals surface area contributed by atoms with Gasteiger partial charge in [-0.3, -0.25) is 4.79 Å². The fourth-order valence-electron chi connectivity index (χ4n) is 3.18. The van der Waals surface area contributed by atoms with Crippen LogP contribution in [0.15, 0.2) is 104 Å². The lowest BCUT2D eigenvalue weighted by molar-refractivity contribution is 0.102. The largest absolute Gasteiger partial charge is 0.508 e. The van der Waals surface area contributed by atoms with Crippen LogP contribution in [0.4, 0.5) is 5.82 Å². The Labute approximate surface area is 198 Å². The lowest BCUT2D eigenvalue weighted by Gasteiger charge is -2.13. The molecule has 4 aromatic rings. The van der Waals surface area contributed by atoms with Crippen molar-refractivity contribution in [2.24, 2.45) is 0 Å². The standard InChI is InChI=1S/C28H24N2O4/c1-20(31)23-12-13-27(29-17-23)30-28(32)24-14-25(33-18-21-8-4-2-5-9-21)16-26(15-24)34-19-22-10-6-3-7-11-22/h2-17,31H,1,18-19H2,(H,29,30,32). The van der Waals surface area contributed by atoms with E-state index in [2.05, 4.69) is 16.9 Å². The van der Waals surface area contributed by atoms with Crippen LogP contribution in [-0.4, -0.2) is 16.0 Å². The molecule has 1 amide bonds. The number of anilines is 1. The SMILES string of the molecule is C=C(O)c1ccc(NC(=O)c2cc(OCc3ccccc3)cc(OCc3ccccc3)c2)nc1. The number of amides is 1. The Morgan fingerprint density at radius 1 is 0.794 bits per heavy atom. The smallest absolute Gasteiger partial charge is 0.257 e. The molecule has 1 aromatic heterocycles. The summed E-state index contributed by atoms with van der Waals surface area (Å²) in [5.41, 5.74) is 2.87. The zero-order valence-corrected chi connectivity index (χ0v) is 18.5. The van der Waals surface area contributed by atoms with Gasteiger partial charge in [0.25, 0.3) is 5.91 Å². The van der Waals surface area contributed by atoms with Crippen molar-refractivity contribution in [1.82, 2.24) is 4.98 Å². The van der Waals surface area contributed by atoms with Gasteiger partial charge < -0.3 is 19.9 Å². The van der Waals surface area contributed by atoms with Crippen molar-refractivity contribution >= 4 is 17.5 Å². The van der Waals surface area contributed by atoms with Crippen molar-refractivity contribution in [3.05, 3.63) is 126 Å². The lowest BCUT2D eigenvalue weighted by Crippen LogP contribution is -2.13. The van der Waals surface area contributed by atoms with E-state index in [0.717, 1.165) is 11.1 Å². The second kappa shape index (κ2) is 10.8. The molecular weight excluding hydrogens is 428 g/mol. The van der Waals surface area contributed by atoms with Crippen molar-refractivity contribution in [3.63, 3.8) is 0 Å². The first-order valence-electron chi connectivity index (χ1n) is 10.7. The Balaban J connectivity index is 1.53. The highest BCUT2D eigenvalue weighted by Crippen LogP contribution is 2.25. The number of nitrogens with zero attached hydrogens (tertiary/aromatic N) is 1. The fraction of sp³-hybridized carbons (Fsp3) is 0.0714. The maximum absolute atomic E-state index is 13.0. The van der Waals surface area contributed by atoms with Crippen LogP contribution in [-0.2, 0) is 13.2 Å². The summed E-state index contributed by atoms with van der Waals surface area (Å²) < 4.78 is 11.9. The predicted molar refractivity (Wildman–Crippen MR) is 132 cm³/mol. The summed E-state index contributed by atoms with van der Waals surface area (Å²) in [5, 5.41) is 12.2. The van der Waals surface area contributed by atoms with E-state index in [-0.39, 0.29) is 11.7 Å². The van der Waals surface area contributed by atoms with Crippen LogP contribution in [0.2, 0.25) is 0 Å². The summed E-state index contributed by atoms with van der Waals surface area (Å²) in [7, 11) is 0. The second-order valence-corrected chi connectivity index (χ2v) is 7.57. The zero-order valence-electron chi connectivity index (χ0n) is 18.5. The molecule has 4 rings (SSSR count). The van der Waals surface area contributed by atoms with E-state index >= 15 is 0 Å². The molecule has 6 heteroatoms. The summed E-state index contributed by atoms with van der Waals surface area (Å²) in [6, 6.07) is 27.9. The third-order valence-corrected chi connectivity index (χ3v) is 4.98. The Kier molecular flexibility index (Phi) is 7.20. The number of aliphatic hydroxyl groups is 1. The molecule has 0 saturated carbocycles. The quantitative estimate of drug-likeness (QED) is 0.304. The van der Waals surface area contributed by atoms with E-state index in [9.17, 15) is 9.90 Å². The molecule has 2 N–H and O–H groups in total. The van der Waals surface area contributed by atoms with Gasteiger partial charge in [-0.15, -0.1) is 0 Å². The van der Waals surface area contributed by atoms with Crippen LogP contribution in [0.3, 0.4) is 0 Å². The first kappa shape index (κ1) is 22.6. The molecule has 0 saturated heterocycles. The van der Waals surface area contributed by atoms with Gasteiger partial charge in [0.1, 0.15) is 36.3 Å². The fourth-order valence-corrected chi connectivity index (χ4v) is 3.18. The van der Waals surface area contributed by atoms with Crippen LogP contribution >= 0.6 is 0 Å². The molecule has 0 fully saturated rings. The van der Waals surface area contributed by atoms with E-state index < -0.39 is 0 Å². The normalized spacial score (nSPS) is 10.4. The highest BCUT2D eigenvalue weighted by Gasteiger charge is 2.12. The number of ether oxygens (including phenoxy) is 2. The number of pyridine rings is 1. The van der Waals surface area contributed by atoms with E-state index in [1.54, 1.807) is 30.3 Å². The molecule has 34 heavy (non-hydrogen) atoms. The minimum absolute atomic E-state index is 0.0890. The third kappa shape index (κ3) is 6.23. The number of aliphatic hydroxyl groups excluding tert-OH is 1. The maximum Gasteiger partial charge on any atom is 0.257 e. The average molecular weight is 453 g/mol. The van der Waals surface area contributed by atoms with E-state index in [1.165, 1.54) is 6.20 Å². The summed E-state index contributed by atoms with van der Waals surface area (Å²) in [6.07, 6.45) is 1.44. The molecule has 0 aliphatic rings. The summed E-state index contributed by atoms with van der Waals surface area (Å²) in [6.45, 7) is 4.18. The highest BCUT2D eigenvalue weighted by molar-refractivity contribution is 6.04. The number of benzene rings is 3. The van der Waals surface area contributed by atoms with E-state index in [0.29, 0.717) is 41.7 Å². The molecule has 0 atom stereocenters. The van der Waals surface area contributed by atoms with Crippen molar-refractivity contribution in [1.29, 1.82) is 0 Å². The number of carbonyl (C=O) groups excluding carboxylic acids is 1. The average Bonchev–Trinajstić information content (AvgIpc) is 2.87. The molecule has 0 radical (unpaired) electrons. The predicted octanol–water partition coefficient (Wildman–Crippen LogP) is 6.02. The minimum Gasteiger partial charge on any atom is -0.508 e. The summed E-state index contributed by atoms with van der Waals surface area (Å²) >= 11 is 0. The Bertz CT molecular complexity index is 1200. The molecule has 0 spiro atoms. The third-order valence-electron chi connectivity index (χ3n) is 4.98. The van der Waals surface area contributed by atoms with Crippen molar-refractivity contribution in [2.75, 3.05) is 5.32 Å². The number of rotatable bonds is 9. The van der Waals surface area contributed by atoms with Crippen LogP contribution in [0.1, 0.15) is 27.0 Å². The Hall–Kier alpha value is -4.58. The highest BCUT2D eigenvalue weighted by atomic mass is 16.5. The first-order chi connectivity index (χ1) is 16.6. The Morgan fingerprint density at radius 2 is 1.35 bits per heavy atom. The number of aromatic nitrogens is 1. The van der Waals surface area contributed by atoms with Crippen molar-refractivity contribution in [2.45, 2.75) is 13.2 Å². The van der Waals surface area contributed by atoms with Crippen molar-refractivity contribution in [3.8, 4) is 11.5 Å².